The Bertz CT molecular complexity index is 232. The van der Waals surface area contributed by atoms with E-state index in [1.54, 1.807) is 0 Å². The Morgan fingerprint density at radius 1 is 1.50 bits per heavy atom. The first-order chi connectivity index (χ1) is 6.75. The van der Waals surface area contributed by atoms with E-state index in [2.05, 4.69) is 11.2 Å². The quantitative estimate of drug-likeness (QED) is 0.495. The zero-order chi connectivity index (χ0) is 10.4. The first-order valence-electron chi connectivity index (χ1n) is 5.15. The van der Waals surface area contributed by atoms with Crippen LogP contribution in [0.15, 0.2) is 0 Å². The third-order valence-electron chi connectivity index (χ3n) is 2.75. The fraction of sp³-hybridized carbons (Fsp3) is 0.727. The lowest BCUT2D eigenvalue weighted by molar-refractivity contribution is -0.146. The molecule has 0 aromatic carbocycles. The molecule has 0 radical (unpaired) electrons. The summed E-state index contributed by atoms with van der Waals surface area (Å²) in [6.07, 6.45) is 9.80. The van der Waals surface area contributed by atoms with Gasteiger partial charge in [-0.25, -0.2) is 0 Å². The van der Waals surface area contributed by atoms with Crippen LogP contribution in [0, 0.1) is 18.3 Å². The summed E-state index contributed by atoms with van der Waals surface area (Å²) in [5.41, 5.74) is 0. The Hall–Kier alpha value is -1.01. The Kier molecular flexibility index (Phi) is 4.48. The minimum absolute atomic E-state index is 0.164. The maximum atomic E-state index is 10.7. The lowest BCUT2D eigenvalue weighted by Crippen LogP contribution is -2.47. The van der Waals surface area contributed by atoms with Crippen molar-refractivity contribution in [3.63, 3.8) is 0 Å². The fourth-order valence-corrected chi connectivity index (χ4v) is 1.68. The second kappa shape index (κ2) is 5.66. The van der Waals surface area contributed by atoms with Gasteiger partial charge in [0.15, 0.2) is 0 Å². The number of aliphatic carboxylic acids is 1. The number of carboxylic acid groups (broad SMARTS) is 1. The molecule has 0 amide bonds. The smallest absolute Gasteiger partial charge is 0.308 e. The topological polar surface area (TPSA) is 49.3 Å². The molecule has 0 spiro atoms. The number of carbonyl (C=O) groups is 1. The molecule has 2 N–H and O–H groups in total. The average Bonchev–Trinajstić information content (AvgIpc) is 2.08. The second-order valence-corrected chi connectivity index (χ2v) is 3.74. The highest BCUT2D eigenvalue weighted by Crippen LogP contribution is 2.27. The number of hydrogen-bond donors (Lipinski definition) is 2. The van der Waals surface area contributed by atoms with Crippen molar-refractivity contribution in [1.29, 1.82) is 0 Å². The molecular weight excluding hydrogens is 178 g/mol. The highest BCUT2D eigenvalue weighted by Gasteiger charge is 2.35. The van der Waals surface area contributed by atoms with E-state index in [-0.39, 0.29) is 12.0 Å². The van der Waals surface area contributed by atoms with Crippen molar-refractivity contribution in [2.24, 2.45) is 5.92 Å². The summed E-state index contributed by atoms with van der Waals surface area (Å²) in [7, 11) is 0. The van der Waals surface area contributed by atoms with Gasteiger partial charge in [0.2, 0.25) is 0 Å². The summed E-state index contributed by atoms with van der Waals surface area (Å²) < 4.78 is 0. The van der Waals surface area contributed by atoms with Gasteiger partial charge < -0.3 is 10.4 Å². The highest BCUT2D eigenvalue weighted by molar-refractivity contribution is 5.72. The number of rotatable bonds is 6. The molecule has 1 aliphatic carbocycles. The van der Waals surface area contributed by atoms with Gasteiger partial charge in [0.25, 0.3) is 0 Å². The molecule has 0 heterocycles. The van der Waals surface area contributed by atoms with E-state index in [1.807, 2.05) is 0 Å². The van der Waals surface area contributed by atoms with E-state index in [0.29, 0.717) is 0 Å². The van der Waals surface area contributed by atoms with Crippen molar-refractivity contribution >= 4 is 5.97 Å². The van der Waals surface area contributed by atoms with Crippen LogP contribution >= 0.6 is 0 Å². The van der Waals surface area contributed by atoms with Gasteiger partial charge in [0.1, 0.15) is 0 Å². The molecule has 1 rings (SSSR count). The summed E-state index contributed by atoms with van der Waals surface area (Å²) >= 11 is 0. The zero-order valence-corrected chi connectivity index (χ0v) is 8.33. The van der Waals surface area contributed by atoms with Crippen molar-refractivity contribution in [2.45, 2.75) is 38.1 Å². The predicted octanol–water partition coefficient (Wildman–Crippen LogP) is 1.24. The van der Waals surface area contributed by atoms with Gasteiger partial charge >= 0.3 is 5.97 Å². The summed E-state index contributed by atoms with van der Waals surface area (Å²) in [4.78, 5) is 10.7. The minimum Gasteiger partial charge on any atom is -0.481 e. The summed E-state index contributed by atoms with van der Waals surface area (Å²) in [5, 5.41) is 12.0. The molecule has 2 atom stereocenters. The van der Waals surface area contributed by atoms with Crippen LogP contribution in [0.4, 0.5) is 0 Å². The number of unbranched alkanes of at least 4 members (excludes halogenated alkanes) is 2. The van der Waals surface area contributed by atoms with Crippen molar-refractivity contribution in [2.75, 3.05) is 6.54 Å². The van der Waals surface area contributed by atoms with Gasteiger partial charge in [-0.3, -0.25) is 4.79 Å². The van der Waals surface area contributed by atoms with Gasteiger partial charge in [-0.05, 0) is 32.2 Å². The highest BCUT2D eigenvalue weighted by atomic mass is 16.4. The second-order valence-electron chi connectivity index (χ2n) is 3.74. The molecule has 0 aromatic rings. The number of hydrogen-bond acceptors (Lipinski definition) is 2. The Morgan fingerprint density at radius 2 is 2.29 bits per heavy atom. The number of carboxylic acids is 1. The third-order valence-corrected chi connectivity index (χ3v) is 2.75. The Labute approximate surface area is 84.9 Å². The van der Waals surface area contributed by atoms with E-state index >= 15 is 0 Å². The monoisotopic (exact) mass is 195 g/mol. The third kappa shape index (κ3) is 3.04. The van der Waals surface area contributed by atoms with E-state index in [4.69, 9.17) is 11.5 Å². The van der Waals surface area contributed by atoms with E-state index < -0.39 is 5.97 Å². The Morgan fingerprint density at radius 3 is 2.79 bits per heavy atom. The molecule has 0 saturated heterocycles. The molecule has 14 heavy (non-hydrogen) atoms. The van der Waals surface area contributed by atoms with Crippen LogP contribution in [0.25, 0.3) is 0 Å². The molecule has 0 aromatic heterocycles. The van der Waals surface area contributed by atoms with Gasteiger partial charge in [-0.1, -0.05) is 0 Å². The van der Waals surface area contributed by atoms with E-state index in [9.17, 15) is 4.79 Å². The summed E-state index contributed by atoms with van der Waals surface area (Å²) in [6.45, 7) is 0.885. The SMILES string of the molecule is C#CCCCCNC1CCC1C(=O)O. The number of nitrogens with one attached hydrogen (secondary N) is 1. The van der Waals surface area contributed by atoms with Crippen molar-refractivity contribution in [3.05, 3.63) is 0 Å². The Balaban J connectivity index is 2.02. The van der Waals surface area contributed by atoms with Crippen molar-refractivity contribution in [1.82, 2.24) is 5.32 Å². The molecule has 1 fully saturated rings. The van der Waals surface area contributed by atoms with Crippen LogP contribution in [-0.4, -0.2) is 23.7 Å². The standard InChI is InChI=1S/C11H17NO2/c1-2-3-4-5-8-12-10-7-6-9(10)11(13)14/h1,9-10,12H,3-8H2,(H,13,14). The van der Waals surface area contributed by atoms with Crippen LogP contribution < -0.4 is 5.32 Å². The number of terminal acetylenes is 1. The maximum Gasteiger partial charge on any atom is 0.308 e. The molecule has 0 aliphatic heterocycles. The summed E-state index contributed by atoms with van der Waals surface area (Å²) in [6, 6.07) is 0.193. The van der Waals surface area contributed by atoms with Crippen LogP contribution in [0.5, 0.6) is 0 Å². The van der Waals surface area contributed by atoms with E-state index in [1.165, 1.54) is 0 Å². The van der Waals surface area contributed by atoms with Crippen molar-refractivity contribution in [3.8, 4) is 12.3 Å². The first-order valence-corrected chi connectivity index (χ1v) is 5.15. The van der Waals surface area contributed by atoms with Crippen LogP contribution in [-0.2, 0) is 4.79 Å². The predicted molar refractivity (Wildman–Crippen MR) is 54.8 cm³/mol. The average molecular weight is 195 g/mol. The van der Waals surface area contributed by atoms with Crippen LogP contribution in [0.1, 0.15) is 32.1 Å². The van der Waals surface area contributed by atoms with Gasteiger partial charge in [0, 0.05) is 12.5 Å². The zero-order valence-electron chi connectivity index (χ0n) is 8.33. The molecule has 3 heteroatoms. The molecule has 0 bridgehead atoms. The molecule has 3 nitrogen and oxygen atoms in total. The normalized spacial score (nSPS) is 25.1. The van der Waals surface area contributed by atoms with Crippen molar-refractivity contribution < 1.29 is 9.90 Å². The lowest BCUT2D eigenvalue weighted by Gasteiger charge is -2.34. The minimum atomic E-state index is -0.669. The van der Waals surface area contributed by atoms with Gasteiger partial charge in [0.05, 0.1) is 5.92 Å². The molecule has 1 aliphatic rings. The molecule has 1 saturated carbocycles. The van der Waals surface area contributed by atoms with Gasteiger partial charge in [-0.2, -0.15) is 0 Å². The molecule has 2 unspecified atom stereocenters. The van der Waals surface area contributed by atoms with Crippen LogP contribution in [0.2, 0.25) is 0 Å². The first kappa shape index (κ1) is 11.1. The lowest BCUT2D eigenvalue weighted by atomic mass is 9.79. The summed E-state index contributed by atoms with van der Waals surface area (Å²) in [5.74, 6) is 1.76. The van der Waals surface area contributed by atoms with Crippen LogP contribution in [0.3, 0.4) is 0 Å². The maximum absolute atomic E-state index is 10.7. The molecular formula is C11H17NO2. The fourth-order valence-electron chi connectivity index (χ4n) is 1.68. The largest absolute Gasteiger partial charge is 0.481 e. The molecule has 78 valence electrons. The van der Waals surface area contributed by atoms with Gasteiger partial charge in [-0.15, -0.1) is 12.3 Å². The van der Waals surface area contributed by atoms with E-state index in [0.717, 1.165) is 38.6 Å².